The quantitative estimate of drug-likeness (QED) is 0.383. The second-order valence-corrected chi connectivity index (χ2v) is 8.37. The maximum Gasteiger partial charge on any atom is 0.339 e. The zero-order valence-corrected chi connectivity index (χ0v) is 18.9. The molecule has 35 heavy (non-hydrogen) atoms. The van der Waals surface area contributed by atoms with E-state index in [1.165, 1.54) is 18.2 Å². The first-order valence-corrected chi connectivity index (χ1v) is 11.2. The van der Waals surface area contributed by atoms with Gasteiger partial charge >= 0.3 is 5.97 Å². The molecule has 1 unspecified atom stereocenters. The molecule has 4 aromatic carbocycles. The van der Waals surface area contributed by atoms with Crippen molar-refractivity contribution in [2.45, 2.75) is 13.0 Å². The van der Waals surface area contributed by atoms with Gasteiger partial charge in [-0.3, -0.25) is 14.4 Å². The fraction of sp³-hybridized carbons (Fsp3) is 0.103. The summed E-state index contributed by atoms with van der Waals surface area (Å²) in [5.74, 6) is -2.06. The van der Waals surface area contributed by atoms with E-state index in [9.17, 15) is 19.2 Å². The highest BCUT2D eigenvalue weighted by Crippen LogP contribution is 2.30. The van der Waals surface area contributed by atoms with Crippen LogP contribution in [0.3, 0.4) is 0 Å². The fourth-order valence-electron chi connectivity index (χ4n) is 4.51. The molecule has 4 aromatic rings. The maximum absolute atomic E-state index is 13.1. The molecule has 6 heteroatoms. The highest BCUT2D eigenvalue weighted by atomic mass is 16.5. The second-order valence-electron chi connectivity index (χ2n) is 8.37. The third-order valence-corrected chi connectivity index (χ3v) is 6.17. The molecular weight excluding hydrogens is 442 g/mol. The Bertz CT molecular complexity index is 1520. The van der Waals surface area contributed by atoms with Crippen molar-refractivity contribution < 1.29 is 23.9 Å². The summed E-state index contributed by atoms with van der Waals surface area (Å²) in [4.78, 5) is 51.4. The van der Waals surface area contributed by atoms with E-state index in [0.717, 1.165) is 16.3 Å². The number of carbonyl (C=O) groups is 4. The number of rotatable bonds is 5. The number of hydrogen-bond donors (Lipinski definition) is 1. The number of fused-ring (bicyclic) bond motifs is 3. The predicted molar refractivity (Wildman–Crippen MR) is 131 cm³/mol. The molecule has 0 radical (unpaired) electrons. The topological polar surface area (TPSA) is 89.5 Å². The highest BCUT2D eigenvalue weighted by Gasteiger charge is 2.33. The van der Waals surface area contributed by atoms with Crippen LogP contribution in [0.5, 0.6) is 0 Å². The predicted octanol–water partition coefficient (Wildman–Crippen LogP) is 4.65. The number of ketones is 2. The van der Waals surface area contributed by atoms with Crippen LogP contribution >= 0.6 is 0 Å². The van der Waals surface area contributed by atoms with E-state index in [2.05, 4.69) is 5.32 Å². The molecule has 0 saturated carbocycles. The molecule has 0 aliphatic heterocycles. The molecule has 1 atom stereocenters. The van der Waals surface area contributed by atoms with Crippen molar-refractivity contribution in [2.24, 2.45) is 0 Å². The molecule has 0 saturated heterocycles. The molecule has 1 amide bonds. The molecule has 1 aliphatic rings. The highest BCUT2D eigenvalue weighted by molar-refractivity contribution is 6.30. The van der Waals surface area contributed by atoms with Crippen LogP contribution in [0.1, 0.15) is 60.7 Å². The summed E-state index contributed by atoms with van der Waals surface area (Å²) in [6, 6.07) is 24.4. The molecule has 172 valence electrons. The molecular formula is C29H21NO5. The van der Waals surface area contributed by atoms with Crippen molar-refractivity contribution in [1.29, 1.82) is 0 Å². The maximum atomic E-state index is 13.1. The number of nitrogens with one attached hydrogen (secondary N) is 1. The Kier molecular flexibility index (Phi) is 5.71. The summed E-state index contributed by atoms with van der Waals surface area (Å²) in [6.07, 6.45) is 0. The first-order valence-electron chi connectivity index (χ1n) is 11.2. The summed E-state index contributed by atoms with van der Waals surface area (Å²) in [6.45, 7) is 1.34. The molecule has 0 heterocycles. The van der Waals surface area contributed by atoms with E-state index in [1.54, 1.807) is 24.3 Å². The Morgan fingerprint density at radius 2 is 1.40 bits per heavy atom. The fourth-order valence-corrected chi connectivity index (χ4v) is 4.51. The molecule has 5 rings (SSSR count). The smallest absolute Gasteiger partial charge is 0.339 e. The molecule has 0 fully saturated rings. The van der Waals surface area contributed by atoms with Gasteiger partial charge in [0, 0.05) is 22.3 Å². The van der Waals surface area contributed by atoms with Gasteiger partial charge in [0.05, 0.1) is 11.6 Å². The first-order chi connectivity index (χ1) is 17.0. The third-order valence-electron chi connectivity index (χ3n) is 6.17. The minimum Gasteiger partial charge on any atom is -0.452 e. The number of esters is 1. The second kappa shape index (κ2) is 8.99. The number of ether oxygens (including phenoxy) is 1. The largest absolute Gasteiger partial charge is 0.452 e. The van der Waals surface area contributed by atoms with Crippen LogP contribution in [0, 0.1) is 0 Å². The average molecular weight is 463 g/mol. The first kappa shape index (κ1) is 22.2. The van der Waals surface area contributed by atoms with Crippen LogP contribution in [0.25, 0.3) is 10.8 Å². The zero-order chi connectivity index (χ0) is 24.5. The van der Waals surface area contributed by atoms with Crippen LogP contribution in [0.15, 0.2) is 84.9 Å². The Labute approximate surface area is 201 Å². The number of amides is 1. The molecule has 6 nitrogen and oxygen atoms in total. The Morgan fingerprint density at radius 3 is 2.20 bits per heavy atom. The van der Waals surface area contributed by atoms with Gasteiger partial charge in [0.25, 0.3) is 5.91 Å². The molecule has 1 N–H and O–H groups in total. The summed E-state index contributed by atoms with van der Waals surface area (Å²) in [5.41, 5.74) is 1.61. The average Bonchev–Trinajstić information content (AvgIpc) is 2.89. The molecule has 0 spiro atoms. The van der Waals surface area contributed by atoms with Crippen molar-refractivity contribution in [3.05, 3.63) is 118 Å². The van der Waals surface area contributed by atoms with Gasteiger partial charge in [-0.25, -0.2) is 4.79 Å². The minimum atomic E-state index is -0.838. The zero-order valence-electron chi connectivity index (χ0n) is 18.9. The van der Waals surface area contributed by atoms with Crippen molar-refractivity contribution in [2.75, 3.05) is 6.61 Å². The number of carbonyl (C=O) groups excluding carboxylic acids is 4. The van der Waals surface area contributed by atoms with E-state index in [1.807, 2.05) is 49.4 Å². The van der Waals surface area contributed by atoms with Gasteiger partial charge in [-0.2, -0.15) is 0 Å². The van der Waals surface area contributed by atoms with E-state index < -0.39 is 24.3 Å². The van der Waals surface area contributed by atoms with Gasteiger partial charge < -0.3 is 10.1 Å². The van der Waals surface area contributed by atoms with Crippen molar-refractivity contribution in [3.63, 3.8) is 0 Å². The van der Waals surface area contributed by atoms with Crippen LogP contribution in [0.4, 0.5) is 0 Å². The van der Waals surface area contributed by atoms with E-state index in [4.69, 9.17) is 4.74 Å². The van der Waals surface area contributed by atoms with E-state index >= 15 is 0 Å². The minimum absolute atomic E-state index is 0.00531. The lowest BCUT2D eigenvalue weighted by Gasteiger charge is -2.19. The lowest BCUT2D eigenvalue weighted by atomic mass is 9.82. The summed E-state index contributed by atoms with van der Waals surface area (Å²) in [5, 5.41) is 4.94. The van der Waals surface area contributed by atoms with Crippen LogP contribution in [-0.2, 0) is 9.53 Å². The Balaban J connectivity index is 1.31. The molecule has 1 aliphatic carbocycles. The molecule has 0 bridgehead atoms. The van der Waals surface area contributed by atoms with E-state index in [0.29, 0.717) is 5.56 Å². The van der Waals surface area contributed by atoms with Crippen molar-refractivity contribution in [1.82, 2.24) is 5.32 Å². The van der Waals surface area contributed by atoms with E-state index in [-0.39, 0.29) is 34.1 Å². The summed E-state index contributed by atoms with van der Waals surface area (Å²) in [7, 11) is 0. The molecule has 0 aromatic heterocycles. The van der Waals surface area contributed by atoms with Gasteiger partial charge in [-0.15, -0.1) is 0 Å². The van der Waals surface area contributed by atoms with Gasteiger partial charge in [0.1, 0.15) is 0 Å². The standard InChI is InChI=1S/C29H21NO5/c1-17(19-13-6-9-18-8-2-3-10-20(18)19)30-25(31)16-35-29(34)24-15-7-14-23-26(24)28(33)22-12-5-4-11-21(22)27(23)32/h2-15,17H,16H2,1H3,(H,30,31). The summed E-state index contributed by atoms with van der Waals surface area (Å²) >= 11 is 0. The summed E-state index contributed by atoms with van der Waals surface area (Å²) < 4.78 is 5.24. The lowest BCUT2D eigenvalue weighted by molar-refractivity contribution is -0.124. The Hall–Kier alpha value is -4.58. The lowest BCUT2D eigenvalue weighted by Crippen LogP contribution is -2.31. The monoisotopic (exact) mass is 463 g/mol. The van der Waals surface area contributed by atoms with Crippen LogP contribution in [-0.4, -0.2) is 30.0 Å². The Morgan fingerprint density at radius 1 is 0.771 bits per heavy atom. The van der Waals surface area contributed by atoms with Crippen LogP contribution in [0.2, 0.25) is 0 Å². The normalized spacial score (nSPS) is 13.1. The van der Waals surface area contributed by atoms with Gasteiger partial charge in [-0.1, -0.05) is 78.9 Å². The van der Waals surface area contributed by atoms with Crippen LogP contribution < -0.4 is 5.32 Å². The van der Waals surface area contributed by atoms with Gasteiger partial charge in [0.2, 0.25) is 0 Å². The van der Waals surface area contributed by atoms with Gasteiger partial charge in [0.15, 0.2) is 18.2 Å². The SMILES string of the molecule is CC(NC(=O)COC(=O)c1cccc2c1C(=O)c1ccccc1C2=O)c1cccc2ccccc12. The van der Waals surface area contributed by atoms with Gasteiger partial charge in [-0.05, 0) is 29.3 Å². The van der Waals surface area contributed by atoms with Crippen molar-refractivity contribution in [3.8, 4) is 0 Å². The number of hydrogen-bond acceptors (Lipinski definition) is 5. The number of benzene rings is 4. The van der Waals surface area contributed by atoms with Crippen molar-refractivity contribution >= 4 is 34.2 Å². The third kappa shape index (κ3) is 3.99.